The van der Waals surface area contributed by atoms with Crippen molar-refractivity contribution in [1.82, 2.24) is 5.32 Å². The number of anilines is 1. The highest BCUT2D eigenvalue weighted by Gasteiger charge is 2.17. The standard InChI is InChI=1S/C29H38N2O8S/c1-36-26-10-7-19(16-28(26)38-3)12-22(13-20-8-11-27(37-2)29(17-20)39-4)30-18-23(32)14-21-6-9-25(33)24(15-21)31-40(5,34)35/h6-11,15-17,22-23,30-33H,12-14,18H2,1-5H3/t23-/m0/s1. The molecule has 0 aliphatic carbocycles. The maximum absolute atomic E-state index is 11.6. The highest BCUT2D eigenvalue weighted by Crippen LogP contribution is 2.30. The number of phenolic OH excluding ortho intramolecular Hbond substituents is 1. The van der Waals surface area contributed by atoms with E-state index in [1.165, 1.54) is 12.1 Å². The van der Waals surface area contributed by atoms with Gasteiger partial charge in [-0.25, -0.2) is 8.42 Å². The largest absolute Gasteiger partial charge is 0.506 e. The lowest BCUT2D eigenvalue weighted by Crippen LogP contribution is -2.39. The van der Waals surface area contributed by atoms with E-state index >= 15 is 0 Å². The highest BCUT2D eigenvalue weighted by atomic mass is 32.2. The first-order chi connectivity index (χ1) is 19.0. The molecule has 0 amide bonds. The minimum Gasteiger partial charge on any atom is -0.506 e. The van der Waals surface area contributed by atoms with Crippen molar-refractivity contribution in [3.63, 3.8) is 0 Å². The summed E-state index contributed by atoms with van der Waals surface area (Å²) >= 11 is 0. The normalized spacial score (nSPS) is 12.2. The number of aromatic hydroxyl groups is 1. The molecule has 0 aromatic heterocycles. The van der Waals surface area contributed by atoms with Gasteiger partial charge in [-0.05, 0) is 72.4 Å². The molecule has 11 heteroatoms. The van der Waals surface area contributed by atoms with Gasteiger partial charge in [0.1, 0.15) is 5.75 Å². The van der Waals surface area contributed by atoms with E-state index in [1.807, 2.05) is 36.4 Å². The summed E-state index contributed by atoms with van der Waals surface area (Å²) in [6, 6.07) is 16.1. The van der Waals surface area contributed by atoms with Gasteiger partial charge < -0.3 is 34.5 Å². The van der Waals surface area contributed by atoms with Crippen LogP contribution in [0.3, 0.4) is 0 Å². The molecule has 0 aliphatic rings. The number of hydrogen-bond donors (Lipinski definition) is 4. The number of ether oxygens (including phenoxy) is 4. The zero-order chi connectivity index (χ0) is 29.3. The average molecular weight is 575 g/mol. The van der Waals surface area contributed by atoms with Crippen molar-refractivity contribution in [2.24, 2.45) is 0 Å². The summed E-state index contributed by atoms with van der Waals surface area (Å²) in [5.74, 6) is 2.37. The predicted octanol–water partition coefficient (Wildman–Crippen LogP) is 3.15. The van der Waals surface area contributed by atoms with Gasteiger partial charge in [0.25, 0.3) is 0 Å². The Balaban J connectivity index is 1.76. The Hall–Kier alpha value is -3.67. The molecular formula is C29H38N2O8S. The van der Waals surface area contributed by atoms with E-state index in [2.05, 4.69) is 10.0 Å². The number of benzene rings is 3. The number of phenols is 1. The lowest BCUT2D eigenvalue weighted by Gasteiger charge is -2.22. The second kappa shape index (κ2) is 14.1. The van der Waals surface area contributed by atoms with Crippen molar-refractivity contribution in [1.29, 1.82) is 0 Å². The molecule has 0 saturated carbocycles. The van der Waals surface area contributed by atoms with E-state index in [4.69, 9.17) is 18.9 Å². The van der Waals surface area contributed by atoms with E-state index in [0.29, 0.717) is 41.4 Å². The van der Waals surface area contributed by atoms with Crippen molar-refractivity contribution in [3.8, 4) is 28.7 Å². The summed E-state index contributed by atoms with van der Waals surface area (Å²) in [7, 11) is 2.81. The van der Waals surface area contributed by atoms with Gasteiger partial charge in [-0.1, -0.05) is 18.2 Å². The van der Waals surface area contributed by atoms with Crippen LogP contribution in [0.15, 0.2) is 54.6 Å². The van der Waals surface area contributed by atoms with Crippen LogP contribution >= 0.6 is 0 Å². The zero-order valence-corrected chi connectivity index (χ0v) is 24.2. The average Bonchev–Trinajstić information content (AvgIpc) is 2.92. The molecule has 218 valence electrons. The quantitative estimate of drug-likeness (QED) is 0.202. The Morgan fingerprint density at radius 2 is 1.20 bits per heavy atom. The molecule has 1 atom stereocenters. The topological polar surface area (TPSA) is 136 Å². The van der Waals surface area contributed by atoms with Gasteiger partial charge in [-0.15, -0.1) is 0 Å². The Labute approximate surface area is 235 Å². The monoisotopic (exact) mass is 574 g/mol. The number of methoxy groups -OCH3 is 4. The van der Waals surface area contributed by atoms with E-state index in [1.54, 1.807) is 34.5 Å². The van der Waals surface area contributed by atoms with Crippen LogP contribution in [0.2, 0.25) is 0 Å². The highest BCUT2D eigenvalue weighted by molar-refractivity contribution is 7.92. The summed E-state index contributed by atoms with van der Waals surface area (Å²) in [5, 5.41) is 24.3. The molecule has 0 radical (unpaired) electrons. The molecule has 3 rings (SSSR count). The van der Waals surface area contributed by atoms with Crippen molar-refractivity contribution < 1.29 is 37.6 Å². The summed E-state index contributed by atoms with van der Waals surface area (Å²) in [6.07, 6.45) is 1.78. The first-order valence-electron chi connectivity index (χ1n) is 12.7. The number of nitrogens with one attached hydrogen (secondary N) is 2. The van der Waals surface area contributed by atoms with E-state index < -0.39 is 16.1 Å². The molecular weight excluding hydrogens is 536 g/mol. The van der Waals surface area contributed by atoms with Crippen LogP contribution in [-0.4, -0.2) is 72.0 Å². The minimum absolute atomic E-state index is 0.0619. The van der Waals surface area contributed by atoms with Gasteiger partial charge in [-0.2, -0.15) is 0 Å². The van der Waals surface area contributed by atoms with Crippen LogP contribution in [0.1, 0.15) is 16.7 Å². The number of aliphatic hydroxyl groups is 1. The summed E-state index contributed by atoms with van der Waals surface area (Å²) < 4.78 is 47.2. The van der Waals surface area contributed by atoms with E-state index in [9.17, 15) is 18.6 Å². The molecule has 0 aliphatic heterocycles. The van der Waals surface area contributed by atoms with E-state index in [-0.39, 0.29) is 30.4 Å². The third kappa shape index (κ3) is 8.94. The van der Waals surface area contributed by atoms with Crippen molar-refractivity contribution >= 4 is 15.7 Å². The molecule has 3 aromatic rings. The van der Waals surface area contributed by atoms with Crippen LogP contribution in [0.4, 0.5) is 5.69 Å². The van der Waals surface area contributed by atoms with Gasteiger partial charge in [0.15, 0.2) is 23.0 Å². The summed E-state index contributed by atoms with van der Waals surface area (Å²) in [6.45, 7) is 0.279. The molecule has 3 aromatic carbocycles. The smallest absolute Gasteiger partial charge is 0.229 e. The fraction of sp³-hybridized carbons (Fsp3) is 0.379. The number of rotatable bonds is 15. The van der Waals surface area contributed by atoms with Crippen LogP contribution in [0, 0.1) is 0 Å². The molecule has 0 unspecified atom stereocenters. The summed E-state index contributed by atoms with van der Waals surface area (Å²) in [4.78, 5) is 0. The van der Waals surface area contributed by atoms with Crippen LogP contribution in [0.5, 0.6) is 28.7 Å². The van der Waals surface area contributed by atoms with Gasteiger partial charge in [0.2, 0.25) is 10.0 Å². The van der Waals surface area contributed by atoms with Gasteiger partial charge in [0, 0.05) is 12.6 Å². The zero-order valence-electron chi connectivity index (χ0n) is 23.4. The summed E-state index contributed by atoms with van der Waals surface area (Å²) in [5.41, 5.74) is 2.80. The number of hydrogen-bond acceptors (Lipinski definition) is 9. The number of aliphatic hydroxyl groups excluding tert-OH is 1. The molecule has 0 heterocycles. The molecule has 40 heavy (non-hydrogen) atoms. The van der Waals surface area contributed by atoms with Crippen molar-refractivity contribution in [2.75, 3.05) is 46.0 Å². The lowest BCUT2D eigenvalue weighted by atomic mass is 9.97. The third-order valence-electron chi connectivity index (χ3n) is 6.33. The second-order valence-corrected chi connectivity index (χ2v) is 11.2. The Morgan fingerprint density at radius 3 is 1.68 bits per heavy atom. The van der Waals surface area contributed by atoms with Crippen molar-refractivity contribution in [3.05, 3.63) is 71.3 Å². The lowest BCUT2D eigenvalue weighted by molar-refractivity contribution is 0.167. The first kappa shape index (κ1) is 30.9. The Morgan fingerprint density at radius 1 is 0.725 bits per heavy atom. The maximum atomic E-state index is 11.6. The SMILES string of the molecule is COc1ccc(CC(Cc2ccc(OC)c(OC)c2)NC[C@@H](O)Cc2ccc(O)c(NS(C)(=O)=O)c2)cc1OC. The molecule has 4 N–H and O–H groups in total. The second-order valence-electron chi connectivity index (χ2n) is 9.48. The predicted molar refractivity (Wildman–Crippen MR) is 155 cm³/mol. The maximum Gasteiger partial charge on any atom is 0.229 e. The Kier molecular flexibility index (Phi) is 10.9. The third-order valence-corrected chi connectivity index (χ3v) is 6.92. The van der Waals surface area contributed by atoms with Crippen LogP contribution in [0.25, 0.3) is 0 Å². The molecule has 10 nitrogen and oxygen atoms in total. The Bertz CT molecular complexity index is 1320. The fourth-order valence-electron chi connectivity index (χ4n) is 4.44. The van der Waals surface area contributed by atoms with Crippen molar-refractivity contribution in [2.45, 2.75) is 31.4 Å². The van der Waals surface area contributed by atoms with Gasteiger partial charge >= 0.3 is 0 Å². The van der Waals surface area contributed by atoms with Gasteiger partial charge in [-0.3, -0.25) is 4.72 Å². The fourth-order valence-corrected chi connectivity index (χ4v) is 5.00. The molecule has 0 fully saturated rings. The molecule has 0 spiro atoms. The van der Waals surface area contributed by atoms with E-state index in [0.717, 1.165) is 17.4 Å². The molecule has 0 saturated heterocycles. The van der Waals surface area contributed by atoms with Gasteiger partial charge in [0.05, 0.1) is 46.5 Å². The minimum atomic E-state index is -3.56. The number of sulfonamides is 1. The first-order valence-corrected chi connectivity index (χ1v) is 14.6. The van der Waals surface area contributed by atoms with Crippen LogP contribution in [-0.2, 0) is 29.3 Å². The molecule has 0 bridgehead atoms. The van der Waals surface area contributed by atoms with Crippen LogP contribution < -0.4 is 29.0 Å².